The quantitative estimate of drug-likeness (QED) is 0.563. The first-order valence-corrected chi connectivity index (χ1v) is 8.47. The molecule has 0 unspecified atom stereocenters. The zero-order valence-electron chi connectivity index (χ0n) is 14.9. The van der Waals surface area contributed by atoms with Crippen LogP contribution in [0, 0.1) is 0 Å². The number of halogens is 1. The average molecular weight is 377 g/mol. The fourth-order valence-electron chi connectivity index (χ4n) is 2.07. The van der Waals surface area contributed by atoms with E-state index >= 15 is 0 Å². The van der Waals surface area contributed by atoms with Crippen LogP contribution in [0.15, 0.2) is 47.6 Å². The largest absolute Gasteiger partial charge is 0.497 e. The SMILES string of the molecule is CCOc1ccc(OC)cc1/C=N\NC(=O)[C@@H](C)Oc1ccc(Cl)cc1. The van der Waals surface area contributed by atoms with E-state index in [1.54, 1.807) is 56.5 Å². The van der Waals surface area contributed by atoms with Crippen LogP contribution < -0.4 is 19.6 Å². The molecule has 7 heteroatoms. The Morgan fingerprint density at radius 2 is 1.92 bits per heavy atom. The summed E-state index contributed by atoms with van der Waals surface area (Å²) < 4.78 is 16.3. The van der Waals surface area contributed by atoms with E-state index in [1.165, 1.54) is 6.21 Å². The predicted octanol–water partition coefficient (Wildman–Crippen LogP) is 3.66. The summed E-state index contributed by atoms with van der Waals surface area (Å²) in [5.74, 6) is 1.49. The maximum Gasteiger partial charge on any atom is 0.280 e. The minimum absolute atomic E-state index is 0.378. The normalized spacial score (nSPS) is 11.8. The van der Waals surface area contributed by atoms with Crippen LogP contribution in [0.1, 0.15) is 19.4 Å². The molecule has 0 bridgehead atoms. The summed E-state index contributed by atoms with van der Waals surface area (Å²) in [5.41, 5.74) is 3.14. The van der Waals surface area contributed by atoms with Gasteiger partial charge in [-0.3, -0.25) is 4.79 Å². The van der Waals surface area contributed by atoms with E-state index in [-0.39, 0.29) is 5.91 Å². The van der Waals surface area contributed by atoms with Gasteiger partial charge in [0.05, 0.1) is 19.9 Å². The van der Waals surface area contributed by atoms with E-state index in [1.807, 2.05) is 6.92 Å². The molecular formula is C19H21ClN2O4. The van der Waals surface area contributed by atoms with Crippen LogP contribution >= 0.6 is 11.6 Å². The Morgan fingerprint density at radius 1 is 1.23 bits per heavy atom. The highest BCUT2D eigenvalue weighted by Crippen LogP contribution is 2.22. The second-order valence-electron chi connectivity index (χ2n) is 5.29. The Bertz CT molecular complexity index is 763. The zero-order chi connectivity index (χ0) is 18.9. The molecule has 0 aliphatic rings. The number of nitrogens with one attached hydrogen (secondary N) is 1. The Kier molecular flexibility index (Phi) is 7.29. The lowest BCUT2D eigenvalue weighted by molar-refractivity contribution is -0.127. The van der Waals surface area contributed by atoms with Crippen LogP contribution in [-0.2, 0) is 4.79 Å². The number of hydrazone groups is 1. The van der Waals surface area contributed by atoms with Crippen molar-refractivity contribution in [1.82, 2.24) is 5.43 Å². The maximum absolute atomic E-state index is 12.1. The minimum atomic E-state index is -0.718. The Balaban J connectivity index is 1.98. The molecule has 2 rings (SSSR count). The molecule has 2 aromatic rings. The number of rotatable bonds is 8. The molecule has 1 amide bonds. The Labute approximate surface area is 157 Å². The smallest absolute Gasteiger partial charge is 0.280 e. The third-order valence-electron chi connectivity index (χ3n) is 3.39. The van der Waals surface area contributed by atoms with Gasteiger partial charge in [0.15, 0.2) is 6.10 Å². The highest BCUT2D eigenvalue weighted by molar-refractivity contribution is 6.30. The Hall–Kier alpha value is -2.73. The van der Waals surface area contributed by atoms with Gasteiger partial charge in [-0.2, -0.15) is 5.10 Å². The third-order valence-corrected chi connectivity index (χ3v) is 3.64. The highest BCUT2D eigenvalue weighted by Gasteiger charge is 2.14. The molecular weight excluding hydrogens is 356 g/mol. The number of carbonyl (C=O) groups is 1. The molecule has 0 fully saturated rings. The van der Waals surface area contributed by atoms with Crippen molar-refractivity contribution in [2.24, 2.45) is 5.10 Å². The number of amides is 1. The van der Waals surface area contributed by atoms with E-state index in [9.17, 15) is 4.79 Å². The van der Waals surface area contributed by atoms with E-state index < -0.39 is 6.10 Å². The molecule has 0 saturated heterocycles. The second kappa shape index (κ2) is 9.68. The summed E-state index contributed by atoms with van der Waals surface area (Å²) in [4.78, 5) is 12.1. The van der Waals surface area contributed by atoms with Crippen molar-refractivity contribution in [2.75, 3.05) is 13.7 Å². The van der Waals surface area contributed by atoms with Crippen LogP contribution in [0.25, 0.3) is 0 Å². The molecule has 2 aromatic carbocycles. The van der Waals surface area contributed by atoms with Crippen LogP contribution in [-0.4, -0.2) is 31.9 Å². The number of nitrogens with zero attached hydrogens (tertiary/aromatic N) is 1. The van der Waals surface area contributed by atoms with Crippen LogP contribution in [0.5, 0.6) is 17.2 Å². The van der Waals surface area contributed by atoms with Crippen molar-refractivity contribution in [2.45, 2.75) is 20.0 Å². The lowest BCUT2D eigenvalue weighted by Gasteiger charge is -2.13. The lowest BCUT2D eigenvalue weighted by atomic mass is 10.2. The summed E-state index contributed by atoms with van der Waals surface area (Å²) in [5, 5.41) is 4.57. The molecule has 26 heavy (non-hydrogen) atoms. The van der Waals surface area contributed by atoms with Crippen LogP contribution in [0.3, 0.4) is 0 Å². The fraction of sp³-hybridized carbons (Fsp3) is 0.263. The van der Waals surface area contributed by atoms with Gasteiger partial charge in [0, 0.05) is 10.6 Å². The lowest BCUT2D eigenvalue weighted by Crippen LogP contribution is -2.33. The van der Waals surface area contributed by atoms with Crippen LogP contribution in [0.2, 0.25) is 5.02 Å². The number of ether oxygens (including phenoxy) is 3. The van der Waals surface area contributed by atoms with Gasteiger partial charge < -0.3 is 14.2 Å². The van der Waals surface area contributed by atoms with Gasteiger partial charge in [0.2, 0.25) is 0 Å². The van der Waals surface area contributed by atoms with Gasteiger partial charge >= 0.3 is 0 Å². The topological polar surface area (TPSA) is 69.2 Å². The highest BCUT2D eigenvalue weighted by atomic mass is 35.5. The van der Waals surface area contributed by atoms with Gasteiger partial charge in [-0.25, -0.2) is 5.43 Å². The Morgan fingerprint density at radius 3 is 2.58 bits per heavy atom. The van der Waals surface area contributed by atoms with Gasteiger partial charge in [-0.05, 0) is 56.3 Å². The van der Waals surface area contributed by atoms with Crippen molar-refractivity contribution in [1.29, 1.82) is 0 Å². The fourth-order valence-corrected chi connectivity index (χ4v) is 2.19. The monoisotopic (exact) mass is 376 g/mol. The van der Waals surface area contributed by atoms with Gasteiger partial charge in [0.25, 0.3) is 5.91 Å². The molecule has 138 valence electrons. The zero-order valence-corrected chi connectivity index (χ0v) is 15.6. The number of benzene rings is 2. The van der Waals surface area contributed by atoms with E-state index in [0.717, 1.165) is 0 Å². The molecule has 0 spiro atoms. The number of hydrogen-bond acceptors (Lipinski definition) is 5. The third kappa shape index (κ3) is 5.67. The molecule has 0 heterocycles. The molecule has 0 aliphatic heterocycles. The molecule has 0 radical (unpaired) electrons. The van der Waals surface area contributed by atoms with E-state index in [2.05, 4.69) is 10.5 Å². The predicted molar refractivity (Wildman–Crippen MR) is 101 cm³/mol. The van der Waals surface area contributed by atoms with E-state index in [4.69, 9.17) is 25.8 Å². The van der Waals surface area contributed by atoms with Gasteiger partial charge in [-0.15, -0.1) is 0 Å². The first-order valence-electron chi connectivity index (χ1n) is 8.09. The molecule has 0 saturated carbocycles. The van der Waals surface area contributed by atoms with Crippen molar-refractivity contribution >= 4 is 23.7 Å². The van der Waals surface area contributed by atoms with Crippen LogP contribution in [0.4, 0.5) is 0 Å². The summed E-state index contributed by atoms with van der Waals surface area (Å²) >= 11 is 5.82. The van der Waals surface area contributed by atoms with Crippen molar-refractivity contribution in [3.63, 3.8) is 0 Å². The number of carbonyl (C=O) groups excluding carboxylic acids is 1. The van der Waals surface area contributed by atoms with Gasteiger partial charge in [-0.1, -0.05) is 11.6 Å². The maximum atomic E-state index is 12.1. The van der Waals surface area contributed by atoms with Gasteiger partial charge in [0.1, 0.15) is 17.2 Å². The summed E-state index contributed by atoms with van der Waals surface area (Å²) in [6, 6.07) is 12.1. The van der Waals surface area contributed by atoms with Crippen molar-refractivity contribution in [3.8, 4) is 17.2 Å². The molecule has 0 aliphatic carbocycles. The molecule has 6 nitrogen and oxygen atoms in total. The number of hydrogen-bond donors (Lipinski definition) is 1. The second-order valence-corrected chi connectivity index (χ2v) is 5.72. The molecule has 0 aromatic heterocycles. The summed E-state index contributed by atoms with van der Waals surface area (Å²) in [6.07, 6.45) is 0.783. The van der Waals surface area contributed by atoms with Crippen molar-refractivity contribution in [3.05, 3.63) is 53.1 Å². The van der Waals surface area contributed by atoms with Crippen molar-refractivity contribution < 1.29 is 19.0 Å². The molecule has 1 N–H and O–H groups in total. The number of methoxy groups -OCH3 is 1. The summed E-state index contributed by atoms with van der Waals surface area (Å²) in [7, 11) is 1.58. The first-order chi connectivity index (χ1) is 12.5. The van der Waals surface area contributed by atoms with E-state index in [0.29, 0.717) is 34.4 Å². The standard InChI is InChI=1S/C19H21ClN2O4/c1-4-25-18-10-9-17(24-3)11-14(18)12-21-22-19(23)13(2)26-16-7-5-15(20)6-8-16/h5-13H,4H2,1-3H3,(H,22,23)/b21-12-/t13-/m1/s1. The minimum Gasteiger partial charge on any atom is -0.497 e. The summed E-state index contributed by atoms with van der Waals surface area (Å²) in [6.45, 7) is 4.05. The first kappa shape index (κ1) is 19.6. The average Bonchev–Trinajstić information content (AvgIpc) is 2.64. The molecule has 1 atom stereocenters.